The molecule has 0 fully saturated rings. The second kappa shape index (κ2) is 12.6. The molecule has 0 saturated carbocycles. The molecule has 0 aromatic heterocycles. The maximum atomic E-state index is 12.2. The molecule has 0 saturated heterocycles. The van der Waals surface area contributed by atoms with Crippen LogP contribution in [0.1, 0.15) is 37.0 Å². The van der Waals surface area contributed by atoms with Gasteiger partial charge in [-0.1, -0.05) is 19.9 Å². The lowest BCUT2D eigenvalue weighted by Gasteiger charge is -2.28. The average molecular weight is 404 g/mol. The fourth-order valence-corrected chi connectivity index (χ4v) is 3.26. The molecule has 0 unspecified atom stereocenters. The van der Waals surface area contributed by atoms with E-state index in [0.29, 0.717) is 38.7 Å². The molecule has 0 aliphatic rings. The summed E-state index contributed by atoms with van der Waals surface area (Å²) in [4.78, 5) is 23.7. The Labute approximate surface area is 175 Å². The highest BCUT2D eigenvalue weighted by atomic mass is 16.6. The van der Waals surface area contributed by atoms with Gasteiger partial charge < -0.3 is 29.6 Å². The van der Waals surface area contributed by atoms with E-state index >= 15 is 0 Å². The first-order chi connectivity index (χ1) is 13.7. The van der Waals surface area contributed by atoms with Crippen molar-refractivity contribution < 1.29 is 23.8 Å². The summed E-state index contributed by atoms with van der Waals surface area (Å²) < 4.78 is 16.3. The molecule has 2 N–H and O–H groups in total. The lowest BCUT2D eigenvalue weighted by Crippen LogP contribution is -2.32. The number of amides is 1. The molecular weight excluding hydrogens is 371 g/mol. The van der Waals surface area contributed by atoms with Gasteiger partial charge in [0.15, 0.2) is 7.85 Å². The number of likely N-dealkylation sites (N-methyl/N-ethyl adjacent to an activating group) is 1. The molecule has 0 bridgehead atoms. The van der Waals surface area contributed by atoms with Crippen LogP contribution < -0.4 is 15.4 Å². The summed E-state index contributed by atoms with van der Waals surface area (Å²) in [7, 11) is 7.27. The predicted octanol–water partition coefficient (Wildman–Crippen LogP) is 2.01. The van der Waals surface area contributed by atoms with Crippen LogP contribution in [-0.2, 0) is 19.7 Å². The van der Waals surface area contributed by atoms with Crippen LogP contribution in [0.25, 0.3) is 0 Å². The van der Waals surface area contributed by atoms with Gasteiger partial charge in [0.05, 0.1) is 32.1 Å². The van der Waals surface area contributed by atoms with Gasteiger partial charge in [0, 0.05) is 25.1 Å². The number of ether oxygens (including phenoxy) is 3. The van der Waals surface area contributed by atoms with Gasteiger partial charge in [0.2, 0.25) is 0 Å². The maximum Gasteiger partial charge on any atom is 0.412 e. The number of aryl methyl sites for hydroxylation is 2. The molecular formula is C21H33BN2O5. The molecule has 1 amide bonds. The van der Waals surface area contributed by atoms with Crippen LogP contribution in [0, 0.1) is 13.8 Å². The van der Waals surface area contributed by atoms with Crippen molar-refractivity contribution in [2.45, 2.75) is 39.5 Å². The number of nitrogens with one attached hydrogen (secondary N) is 2. The fourth-order valence-electron chi connectivity index (χ4n) is 3.26. The van der Waals surface area contributed by atoms with E-state index < -0.39 is 17.2 Å². The van der Waals surface area contributed by atoms with Crippen LogP contribution in [0.3, 0.4) is 0 Å². The normalized spacial score (nSPS) is 11.3. The molecule has 1 rings (SSSR count). The Balaban J connectivity index is 2.58. The van der Waals surface area contributed by atoms with Gasteiger partial charge in [-0.25, -0.2) is 4.79 Å². The molecule has 160 valence electrons. The van der Waals surface area contributed by atoms with E-state index in [1.54, 1.807) is 6.07 Å². The Kier molecular flexibility index (Phi) is 10.9. The first-order valence-corrected chi connectivity index (χ1v) is 9.83. The van der Waals surface area contributed by atoms with Crippen molar-refractivity contribution in [2.24, 2.45) is 0 Å². The van der Waals surface area contributed by atoms with Crippen molar-refractivity contribution in [1.29, 1.82) is 0 Å². The minimum Gasteiger partial charge on any atom is -0.410 e. The third kappa shape index (κ3) is 9.43. The summed E-state index contributed by atoms with van der Waals surface area (Å²) >= 11 is 0. The highest BCUT2D eigenvalue weighted by molar-refractivity contribution is 6.57. The lowest BCUT2D eigenvalue weighted by molar-refractivity contribution is -0.112. The zero-order chi connectivity index (χ0) is 21.9. The van der Waals surface area contributed by atoms with Crippen molar-refractivity contribution in [3.8, 4) is 5.75 Å². The summed E-state index contributed by atoms with van der Waals surface area (Å²) in [5.74, 6) is 0.435. The first-order valence-electron chi connectivity index (χ1n) is 9.83. The lowest BCUT2D eigenvalue weighted by atomic mass is 9.74. The van der Waals surface area contributed by atoms with Crippen LogP contribution in [0.5, 0.6) is 5.75 Å². The van der Waals surface area contributed by atoms with Crippen molar-refractivity contribution in [1.82, 2.24) is 10.6 Å². The number of carbonyl (C=O) groups excluding carboxylic acids is 2. The smallest absolute Gasteiger partial charge is 0.410 e. The average Bonchev–Trinajstić information content (AvgIpc) is 2.58. The van der Waals surface area contributed by atoms with E-state index in [-0.39, 0.29) is 6.42 Å². The molecule has 8 heteroatoms. The Bertz CT molecular complexity index is 679. The monoisotopic (exact) mass is 404 g/mol. The highest BCUT2D eigenvalue weighted by Crippen LogP contribution is 2.37. The SMILES string of the molecule is [B]C(=O)CC(C)(C)c1c(C)cc(C)cc1OC(=O)NCCOCCOCCNC. The summed E-state index contributed by atoms with van der Waals surface area (Å²) in [6.07, 6.45) is -0.418. The molecule has 29 heavy (non-hydrogen) atoms. The molecule has 0 atom stereocenters. The fraction of sp³-hybridized carbons (Fsp3) is 0.619. The molecule has 0 aliphatic carbocycles. The molecule has 0 heterocycles. The van der Waals surface area contributed by atoms with Crippen molar-refractivity contribution in [2.75, 3.05) is 46.6 Å². The van der Waals surface area contributed by atoms with Gasteiger partial charge in [0.25, 0.3) is 0 Å². The topological polar surface area (TPSA) is 85.9 Å². The number of hydrogen-bond donors (Lipinski definition) is 2. The second-order valence-corrected chi connectivity index (χ2v) is 7.63. The highest BCUT2D eigenvalue weighted by Gasteiger charge is 2.29. The van der Waals surface area contributed by atoms with Gasteiger partial charge in [-0.2, -0.15) is 0 Å². The van der Waals surface area contributed by atoms with Crippen LogP contribution in [0.4, 0.5) is 4.79 Å². The van der Waals surface area contributed by atoms with E-state index in [0.717, 1.165) is 23.2 Å². The zero-order valence-corrected chi connectivity index (χ0v) is 18.2. The molecule has 0 aliphatic heterocycles. The minimum atomic E-state index is -0.569. The van der Waals surface area contributed by atoms with Gasteiger partial charge in [-0.05, 0) is 43.5 Å². The van der Waals surface area contributed by atoms with Crippen molar-refractivity contribution >= 4 is 19.6 Å². The zero-order valence-electron chi connectivity index (χ0n) is 18.2. The van der Waals surface area contributed by atoms with Crippen LogP contribution in [0.2, 0.25) is 0 Å². The Morgan fingerprint density at radius 2 is 1.66 bits per heavy atom. The Morgan fingerprint density at radius 3 is 2.24 bits per heavy atom. The number of carbonyl (C=O) groups is 2. The summed E-state index contributed by atoms with van der Waals surface area (Å²) in [6, 6.07) is 3.79. The van der Waals surface area contributed by atoms with E-state index in [2.05, 4.69) is 10.6 Å². The van der Waals surface area contributed by atoms with Gasteiger partial charge in [0.1, 0.15) is 5.75 Å². The first kappa shape index (κ1) is 25.1. The standard InChI is InChI=1S/C21H33BN2O5/c1-15-12-16(2)19(21(3,4)14-18(22)25)17(13-15)29-20(26)24-7-9-28-11-10-27-8-6-23-5/h12-13,23H,6-11,14H2,1-5H3,(H,24,26). The van der Waals surface area contributed by atoms with E-state index in [1.165, 1.54) is 0 Å². The van der Waals surface area contributed by atoms with E-state index in [9.17, 15) is 9.59 Å². The number of rotatable bonds is 13. The summed E-state index contributed by atoms with van der Waals surface area (Å²) in [6.45, 7) is 10.8. The van der Waals surface area contributed by atoms with Crippen molar-refractivity contribution in [3.05, 3.63) is 28.8 Å². The van der Waals surface area contributed by atoms with Crippen LogP contribution in [-0.4, -0.2) is 66.2 Å². The molecule has 1 aromatic rings. The molecule has 1 aromatic carbocycles. The van der Waals surface area contributed by atoms with E-state index in [1.807, 2.05) is 40.8 Å². The third-order valence-electron chi connectivity index (χ3n) is 4.32. The van der Waals surface area contributed by atoms with Gasteiger partial charge >= 0.3 is 6.09 Å². The Hall–Kier alpha value is -1.90. The number of hydrogen-bond acceptors (Lipinski definition) is 6. The largest absolute Gasteiger partial charge is 0.412 e. The summed E-state index contributed by atoms with van der Waals surface area (Å²) in [5, 5.41) is 5.66. The number of benzene rings is 1. The predicted molar refractivity (Wildman–Crippen MR) is 114 cm³/mol. The quantitative estimate of drug-likeness (QED) is 0.387. The van der Waals surface area contributed by atoms with Gasteiger partial charge in [-0.3, -0.25) is 0 Å². The Morgan fingerprint density at radius 1 is 1.03 bits per heavy atom. The molecule has 0 spiro atoms. The molecule has 2 radical (unpaired) electrons. The third-order valence-corrected chi connectivity index (χ3v) is 4.32. The van der Waals surface area contributed by atoms with E-state index in [4.69, 9.17) is 22.1 Å². The van der Waals surface area contributed by atoms with Crippen LogP contribution >= 0.6 is 0 Å². The molecule has 7 nitrogen and oxygen atoms in total. The second-order valence-electron chi connectivity index (χ2n) is 7.63. The van der Waals surface area contributed by atoms with Gasteiger partial charge in [-0.15, -0.1) is 0 Å². The van der Waals surface area contributed by atoms with Crippen molar-refractivity contribution in [3.63, 3.8) is 0 Å². The minimum absolute atomic E-state index is 0.152. The van der Waals surface area contributed by atoms with Crippen LogP contribution in [0.15, 0.2) is 12.1 Å². The summed E-state index contributed by atoms with van der Waals surface area (Å²) in [5.41, 5.74) is 1.74. The maximum absolute atomic E-state index is 12.2.